The van der Waals surface area contributed by atoms with Crippen LogP contribution in [0.25, 0.3) is 0 Å². The Bertz CT molecular complexity index is 476. The first kappa shape index (κ1) is 17.4. The molecule has 0 atom stereocenters. The summed E-state index contributed by atoms with van der Waals surface area (Å²) in [4.78, 5) is 51.1. The molecule has 0 unspecified atom stereocenters. The Hall–Kier alpha value is -1.92. The summed E-state index contributed by atoms with van der Waals surface area (Å²) in [5, 5.41) is 0. The molecule has 7 heteroatoms. The number of likely N-dealkylation sites (tertiary alicyclic amines) is 1. The van der Waals surface area contributed by atoms with Crippen molar-refractivity contribution in [1.29, 1.82) is 0 Å². The van der Waals surface area contributed by atoms with Gasteiger partial charge in [0.25, 0.3) is 0 Å². The van der Waals surface area contributed by atoms with Gasteiger partial charge in [0, 0.05) is 32.5 Å². The highest BCUT2D eigenvalue weighted by Crippen LogP contribution is 2.15. The summed E-state index contributed by atoms with van der Waals surface area (Å²) < 4.78 is 0. The van der Waals surface area contributed by atoms with Gasteiger partial charge in [0.05, 0.1) is 0 Å². The van der Waals surface area contributed by atoms with Crippen LogP contribution in [0.15, 0.2) is 0 Å². The molecule has 2 aliphatic heterocycles. The van der Waals surface area contributed by atoms with E-state index in [1.54, 1.807) is 4.90 Å². The van der Waals surface area contributed by atoms with Crippen molar-refractivity contribution in [2.75, 3.05) is 26.2 Å². The minimum atomic E-state index is -0.187. The van der Waals surface area contributed by atoms with Crippen molar-refractivity contribution in [2.24, 2.45) is 0 Å². The fourth-order valence-electron chi connectivity index (χ4n) is 2.93. The fourth-order valence-corrected chi connectivity index (χ4v) is 2.93. The highest BCUT2D eigenvalue weighted by Gasteiger charge is 2.34. The van der Waals surface area contributed by atoms with Crippen molar-refractivity contribution < 1.29 is 19.2 Å². The molecule has 5 amide bonds. The SMILES string of the molecule is CCCCN1C(=O)CN(CCCCCN2C(=O)CCC2=O)C1=O. The van der Waals surface area contributed by atoms with Crippen molar-refractivity contribution >= 4 is 23.8 Å². The normalized spacial score (nSPS) is 18.7. The summed E-state index contributed by atoms with van der Waals surface area (Å²) in [6.07, 6.45) is 4.79. The summed E-state index contributed by atoms with van der Waals surface area (Å²) in [6, 6.07) is -0.187. The first-order valence-electron chi connectivity index (χ1n) is 8.47. The van der Waals surface area contributed by atoms with Gasteiger partial charge in [-0.25, -0.2) is 4.79 Å². The maximum atomic E-state index is 12.1. The van der Waals surface area contributed by atoms with Gasteiger partial charge in [0.2, 0.25) is 17.7 Å². The predicted octanol–water partition coefficient (Wildman–Crippen LogP) is 1.37. The van der Waals surface area contributed by atoms with E-state index in [1.165, 1.54) is 9.80 Å². The van der Waals surface area contributed by atoms with E-state index in [9.17, 15) is 19.2 Å². The molecule has 0 aromatic rings. The molecule has 0 N–H and O–H groups in total. The summed E-state index contributed by atoms with van der Waals surface area (Å²) in [6.45, 7) is 3.72. The standard InChI is InChI=1S/C16H25N3O4/c1-2-3-10-19-15(22)12-17(16(19)23)9-5-4-6-11-18-13(20)7-8-14(18)21/h2-12H2,1H3. The van der Waals surface area contributed by atoms with Crippen molar-refractivity contribution in [1.82, 2.24) is 14.7 Å². The molecular formula is C16H25N3O4. The number of rotatable bonds is 9. The van der Waals surface area contributed by atoms with E-state index in [1.807, 2.05) is 6.92 Å². The van der Waals surface area contributed by atoms with E-state index in [0.29, 0.717) is 32.5 Å². The lowest BCUT2D eigenvalue weighted by Gasteiger charge is -2.17. The summed E-state index contributed by atoms with van der Waals surface area (Å²) in [7, 11) is 0. The Morgan fingerprint density at radius 3 is 2.00 bits per heavy atom. The smallest absolute Gasteiger partial charge is 0.315 e. The monoisotopic (exact) mass is 323 g/mol. The predicted molar refractivity (Wildman–Crippen MR) is 83.4 cm³/mol. The molecule has 128 valence electrons. The molecule has 0 bridgehead atoms. The van der Waals surface area contributed by atoms with Crippen LogP contribution in [-0.4, -0.2) is 64.6 Å². The van der Waals surface area contributed by atoms with Gasteiger partial charge in [0.1, 0.15) is 6.54 Å². The number of unbranched alkanes of at least 4 members (excludes halogenated alkanes) is 3. The number of urea groups is 1. The lowest BCUT2D eigenvalue weighted by Crippen LogP contribution is -2.34. The summed E-state index contributed by atoms with van der Waals surface area (Å²) >= 11 is 0. The number of carbonyl (C=O) groups excluding carboxylic acids is 4. The third-order valence-electron chi connectivity index (χ3n) is 4.33. The third kappa shape index (κ3) is 4.30. The zero-order valence-corrected chi connectivity index (χ0v) is 13.8. The van der Waals surface area contributed by atoms with Gasteiger partial charge >= 0.3 is 6.03 Å². The Kier molecular flexibility index (Phi) is 6.12. The van der Waals surface area contributed by atoms with Crippen molar-refractivity contribution in [3.8, 4) is 0 Å². The molecule has 0 aromatic carbocycles. The van der Waals surface area contributed by atoms with Crippen LogP contribution in [-0.2, 0) is 14.4 Å². The maximum absolute atomic E-state index is 12.1. The molecule has 0 aromatic heterocycles. The Balaban J connectivity index is 1.65. The van der Waals surface area contributed by atoms with Gasteiger partial charge in [-0.1, -0.05) is 13.3 Å². The Labute approximate surface area is 136 Å². The van der Waals surface area contributed by atoms with Gasteiger partial charge in [0.15, 0.2) is 0 Å². The first-order chi connectivity index (χ1) is 11.0. The van der Waals surface area contributed by atoms with Crippen LogP contribution in [0.2, 0.25) is 0 Å². The van der Waals surface area contributed by atoms with Crippen LogP contribution < -0.4 is 0 Å². The highest BCUT2D eigenvalue weighted by molar-refractivity contribution is 6.02. The zero-order valence-electron chi connectivity index (χ0n) is 13.8. The molecular weight excluding hydrogens is 298 g/mol. The lowest BCUT2D eigenvalue weighted by molar-refractivity contribution is -0.138. The van der Waals surface area contributed by atoms with Crippen LogP contribution in [0.4, 0.5) is 4.79 Å². The van der Waals surface area contributed by atoms with Crippen LogP contribution >= 0.6 is 0 Å². The Morgan fingerprint density at radius 1 is 0.739 bits per heavy atom. The van der Waals surface area contributed by atoms with Gasteiger partial charge < -0.3 is 4.90 Å². The molecule has 2 heterocycles. The van der Waals surface area contributed by atoms with E-state index >= 15 is 0 Å². The maximum Gasteiger partial charge on any atom is 0.327 e. The molecule has 2 fully saturated rings. The van der Waals surface area contributed by atoms with Crippen molar-refractivity contribution in [3.05, 3.63) is 0 Å². The minimum absolute atomic E-state index is 0.0816. The van der Waals surface area contributed by atoms with E-state index in [2.05, 4.69) is 0 Å². The quantitative estimate of drug-likeness (QED) is 0.365. The average molecular weight is 323 g/mol. The second kappa shape index (κ2) is 8.08. The molecule has 2 aliphatic rings. The van der Waals surface area contributed by atoms with Crippen molar-refractivity contribution in [3.63, 3.8) is 0 Å². The number of amides is 5. The van der Waals surface area contributed by atoms with Crippen LogP contribution in [0.3, 0.4) is 0 Å². The largest absolute Gasteiger partial charge is 0.327 e. The third-order valence-corrected chi connectivity index (χ3v) is 4.33. The lowest BCUT2D eigenvalue weighted by atomic mass is 10.2. The molecule has 0 saturated carbocycles. The molecule has 0 aliphatic carbocycles. The minimum Gasteiger partial charge on any atom is -0.315 e. The van der Waals surface area contributed by atoms with E-state index in [4.69, 9.17) is 0 Å². The van der Waals surface area contributed by atoms with E-state index in [-0.39, 0.29) is 30.3 Å². The topological polar surface area (TPSA) is 78.0 Å². The first-order valence-corrected chi connectivity index (χ1v) is 8.47. The van der Waals surface area contributed by atoms with E-state index < -0.39 is 0 Å². The van der Waals surface area contributed by atoms with Crippen LogP contribution in [0, 0.1) is 0 Å². The molecule has 2 saturated heterocycles. The van der Waals surface area contributed by atoms with Gasteiger partial charge in [-0.2, -0.15) is 0 Å². The molecule has 2 rings (SSSR count). The molecule has 23 heavy (non-hydrogen) atoms. The van der Waals surface area contributed by atoms with Gasteiger partial charge in [-0.05, 0) is 25.7 Å². The molecule has 7 nitrogen and oxygen atoms in total. The van der Waals surface area contributed by atoms with Crippen molar-refractivity contribution in [2.45, 2.75) is 51.9 Å². The van der Waals surface area contributed by atoms with Gasteiger partial charge in [-0.3, -0.25) is 24.2 Å². The Morgan fingerprint density at radius 2 is 1.35 bits per heavy atom. The van der Waals surface area contributed by atoms with Crippen LogP contribution in [0.1, 0.15) is 51.9 Å². The fraction of sp³-hybridized carbons (Fsp3) is 0.750. The number of carbonyl (C=O) groups is 4. The van der Waals surface area contributed by atoms with Gasteiger partial charge in [-0.15, -0.1) is 0 Å². The summed E-state index contributed by atoms with van der Waals surface area (Å²) in [5.41, 5.74) is 0. The highest BCUT2D eigenvalue weighted by atomic mass is 16.2. The zero-order chi connectivity index (χ0) is 16.8. The number of imide groups is 2. The van der Waals surface area contributed by atoms with Crippen LogP contribution in [0.5, 0.6) is 0 Å². The number of nitrogens with zero attached hydrogens (tertiary/aromatic N) is 3. The average Bonchev–Trinajstić information content (AvgIpc) is 2.98. The second-order valence-electron chi connectivity index (χ2n) is 6.10. The number of hydrogen-bond donors (Lipinski definition) is 0. The summed E-state index contributed by atoms with van der Waals surface area (Å²) in [5.74, 6) is -0.277. The second-order valence-corrected chi connectivity index (χ2v) is 6.10. The molecule has 0 radical (unpaired) electrons. The molecule has 0 spiro atoms. The van der Waals surface area contributed by atoms with E-state index in [0.717, 1.165) is 32.1 Å². The number of hydrogen-bond acceptors (Lipinski definition) is 4.